The Bertz CT molecular complexity index is 946. The molecule has 3 nitrogen and oxygen atoms in total. The number of para-hydroxylation sites is 1. The van der Waals surface area contributed by atoms with Crippen molar-refractivity contribution in [2.24, 2.45) is 0 Å². The van der Waals surface area contributed by atoms with Crippen LogP contribution in [-0.4, -0.2) is 27.7 Å². The highest BCUT2D eigenvalue weighted by atomic mass is 35.5. The number of amides is 1. The van der Waals surface area contributed by atoms with Crippen molar-refractivity contribution in [2.75, 3.05) is 5.88 Å². The van der Waals surface area contributed by atoms with Crippen LogP contribution in [0, 0.1) is 6.92 Å². The van der Waals surface area contributed by atoms with Crippen LogP contribution < -0.4 is 0 Å². The van der Waals surface area contributed by atoms with Gasteiger partial charge < -0.3 is 9.88 Å². The first-order valence-electron chi connectivity index (χ1n) is 12.0. The van der Waals surface area contributed by atoms with Crippen molar-refractivity contribution in [2.45, 2.75) is 80.3 Å². The number of nitrogens with zero attached hydrogens (tertiary/aromatic N) is 1. The van der Waals surface area contributed by atoms with Crippen LogP contribution in [0.2, 0.25) is 0 Å². The highest BCUT2D eigenvalue weighted by Crippen LogP contribution is 2.40. The largest absolute Gasteiger partial charge is 0.356 e. The van der Waals surface area contributed by atoms with E-state index in [1.165, 1.54) is 22.9 Å². The second-order valence-electron chi connectivity index (χ2n) is 7.57. The Morgan fingerprint density at radius 3 is 2.16 bits per heavy atom. The Labute approximate surface area is 200 Å². The van der Waals surface area contributed by atoms with Gasteiger partial charge in [-0.15, -0.1) is 11.6 Å². The molecule has 1 aliphatic heterocycles. The van der Waals surface area contributed by atoms with E-state index in [0.717, 1.165) is 23.2 Å². The molecule has 4 heteroatoms. The van der Waals surface area contributed by atoms with Crippen molar-refractivity contribution < 1.29 is 4.79 Å². The number of fused-ring (bicyclic) bond motifs is 3. The summed E-state index contributed by atoms with van der Waals surface area (Å²) in [6.07, 6.45) is 2.09. The fourth-order valence-corrected chi connectivity index (χ4v) is 4.13. The lowest BCUT2D eigenvalue weighted by Gasteiger charge is -2.40. The average Bonchev–Trinajstić information content (AvgIpc) is 3.20. The summed E-state index contributed by atoms with van der Waals surface area (Å²) in [5.74, 6) is -0.0218. The molecular formula is C28H41ClN2O. The Kier molecular flexibility index (Phi) is 12.2. The number of aromatic nitrogens is 1. The molecule has 0 saturated carbocycles. The van der Waals surface area contributed by atoms with E-state index in [0.29, 0.717) is 0 Å². The number of hydrogen-bond acceptors (Lipinski definition) is 1. The van der Waals surface area contributed by atoms with Gasteiger partial charge >= 0.3 is 0 Å². The molecule has 1 amide bonds. The van der Waals surface area contributed by atoms with Gasteiger partial charge in [-0.3, -0.25) is 4.79 Å². The summed E-state index contributed by atoms with van der Waals surface area (Å²) in [6, 6.07) is 16.8. The van der Waals surface area contributed by atoms with Gasteiger partial charge in [0.1, 0.15) is 5.88 Å². The standard InChI is InChI=1S/C21H21ClN2O.C3H8.2C2H6/c1-13-7-9-15(10-8-13)21-20-17(11-14(2)24(21)19(25)12-22)16-5-3-4-6-18(16)23-20;1-3-2;2*1-2/h3-10,14,21,23H,11-12H2,1-2H3;3H2,1-2H3;2*1-2H3/t14-,21+;;;/m0.../s1. The van der Waals surface area contributed by atoms with Gasteiger partial charge in [-0.2, -0.15) is 0 Å². The maximum atomic E-state index is 12.6. The van der Waals surface area contributed by atoms with Gasteiger partial charge in [-0.1, -0.05) is 96.0 Å². The molecule has 1 N–H and O–H groups in total. The zero-order valence-corrected chi connectivity index (χ0v) is 21.9. The number of H-pyrrole nitrogens is 1. The van der Waals surface area contributed by atoms with Crippen molar-refractivity contribution in [3.05, 3.63) is 70.9 Å². The number of carbonyl (C=O) groups excluding carboxylic acids is 1. The minimum Gasteiger partial charge on any atom is -0.356 e. The molecule has 0 saturated heterocycles. The van der Waals surface area contributed by atoms with E-state index in [-0.39, 0.29) is 23.9 Å². The van der Waals surface area contributed by atoms with Gasteiger partial charge in [-0.25, -0.2) is 0 Å². The monoisotopic (exact) mass is 456 g/mol. The molecular weight excluding hydrogens is 416 g/mol. The van der Waals surface area contributed by atoms with Gasteiger partial charge in [-0.05, 0) is 37.5 Å². The van der Waals surface area contributed by atoms with E-state index < -0.39 is 0 Å². The van der Waals surface area contributed by atoms with E-state index in [1.807, 2.05) is 38.7 Å². The van der Waals surface area contributed by atoms with E-state index in [4.69, 9.17) is 11.6 Å². The maximum Gasteiger partial charge on any atom is 0.238 e. The Morgan fingerprint density at radius 2 is 1.59 bits per heavy atom. The fraction of sp³-hybridized carbons (Fsp3) is 0.464. The van der Waals surface area contributed by atoms with Gasteiger partial charge in [0.05, 0.1) is 6.04 Å². The summed E-state index contributed by atoms with van der Waals surface area (Å²) in [5.41, 5.74) is 5.87. The topological polar surface area (TPSA) is 36.1 Å². The number of halogens is 1. The first kappa shape index (κ1) is 27.8. The summed E-state index contributed by atoms with van der Waals surface area (Å²) in [7, 11) is 0. The van der Waals surface area contributed by atoms with Crippen LogP contribution in [0.4, 0.5) is 0 Å². The number of aromatic amines is 1. The lowest BCUT2D eigenvalue weighted by Crippen LogP contribution is -2.46. The number of benzene rings is 2. The average molecular weight is 457 g/mol. The Morgan fingerprint density at radius 1 is 1.03 bits per heavy atom. The van der Waals surface area contributed by atoms with Crippen molar-refractivity contribution in [3.8, 4) is 0 Å². The van der Waals surface area contributed by atoms with Crippen LogP contribution in [0.25, 0.3) is 10.9 Å². The Hall–Kier alpha value is -2.26. The highest BCUT2D eigenvalue weighted by molar-refractivity contribution is 6.27. The van der Waals surface area contributed by atoms with E-state index >= 15 is 0 Å². The van der Waals surface area contributed by atoms with Gasteiger partial charge in [0, 0.05) is 22.6 Å². The van der Waals surface area contributed by atoms with Crippen LogP contribution in [0.15, 0.2) is 48.5 Å². The molecule has 0 bridgehead atoms. The van der Waals surface area contributed by atoms with Crippen molar-refractivity contribution >= 4 is 28.4 Å². The quantitative estimate of drug-likeness (QED) is 0.389. The van der Waals surface area contributed by atoms with E-state index in [9.17, 15) is 4.79 Å². The summed E-state index contributed by atoms with van der Waals surface area (Å²) in [5, 5.41) is 1.25. The molecule has 0 fully saturated rings. The molecule has 0 aliphatic carbocycles. The number of carbonyl (C=O) groups is 1. The first-order chi connectivity index (χ1) is 15.5. The van der Waals surface area contributed by atoms with Crippen LogP contribution in [0.1, 0.15) is 83.3 Å². The SMILES string of the molecule is CC.CC.CCC.Cc1ccc([C@@H]2c3[nH]c4ccccc4c3C[C@H](C)N2C(=O)CCl)cc1. The molecule has 2 heterocycles. The second kappa shape index (κ2) is 14.0. The predicted octanol–water partition coefficient (Wildman–Crippen LogP) is 8.05. The lowest BCUT2D eigenvalue weighted by atomic mass is 9.88. The smallest absolute Gasteiger partial charge is 0.238 e. The highest BCUT2D eigenvalue weighted by Gasteiger charge is 2.37. The number of rotatable bonds is 2. The molecule has 0 unspecified atom stereocenters. The lowest BCUT2D eigenvalue weighted by molar-refractivity contribution is -0.133. The van der Waals surface area contributed by atoms with E-state index in [2.05, 4.69) is 75.1 Å². The molecule has 32 heavy (non-hydrogen) atoms. The van der Waals surface area contributed by atoms with Crippen molar-refractivity contribution in [1.82, 2.24) is 9.88 Å². The maximum absolute atomic E-state index is 12.6. The van der Waals surface area contributed by atoms with Gasteiger partial charge in [0.2, 0.25) is 5.91 Å². The molecule has 2 atom stereocenters. The molecule has 0 radical (unpaired) electrons. The van der Waals surface area contributed by atoms with E-state index in [1.54, 1.807) is 0 Å². The summed E-state index contributed by atoms with van der Waals surface area (Å²) >= 11 is 5.93. The summed E-state index contributed by atoms with van der Waals surface area (Å²) in [4.78, 5) is 18.1. The summed E-state index contributed by atoms with van der Waals surface area (Å²) in [6.45, 7) is 16.4. The third-order valence-electron chi connectivity index (χ3n) is 5.17. The second-order valence-corrected chi connectivity index (χ2v) is 7.84. The summed E-state index contributed by atoms with van der Waals surface area (Å²) < 4.78 is 0. The molecule has 2 aromatic carbocycles. The molecule has 3 aromatic rings. The minimum atomic E-state index is -0.127. The first-order valence-corrected chi connectivity index (χ1v) is 12.6. The molecule has 1 aromatic heterocycles. The minimum absolute atomic E-state index is 0.00225. The Balaban J connectivity index is 0.000000662. The van der Waals surface area contributed by atoms with Crippen LogP contribution >= 0.6 is 11.6 Å². The zero-order chi connectivity index (χ0) is 24.3. The zero-order valence-electron chi connectivity index (χ0n) is 21.1. The van der Waals surface area contributed by atoms with Gasteiger partial charge in [0.15, 0.2) is 0 Å². The molecule has 176 valence electrons. The van der Waals surface area contributed by atoms with Crippen molar-refractivity contribution in [1.29, 1.82) is 0 Å². The van der Waals surface area contributed by atoms with Crippen LogP contribution in [-0.2, 0) is 11.2 Å². The normalized spacial score (nSPS) is 16.5. The third-order valence-corrected chi connectivity index (χ3v) is 5.40. The predicted molar refractivity (Wildman–Crippen MR) is 141 cm³/mol. The van der Waals surface area contributed by atoms with Crippen LogP contribution in [0.5, 0.6) is 0 Å². The fourth-order valence-electron chi connectivity index (χ4n) is 4.00. The molecule has 0 spiro atoms. The number of alkyl halides is 1. The third kappa shape index (κ3) is 6.16. The molecule has 1 aliphatic rings. The van der Waals surface area contributed by atoms with Gasteiger partial charge in [0.25, 0.3) is 0 Å². The number of nitrogens with one attached hydrogen (secondary N) is 1. The number of hydrogen-bond donors (Lipinski definition) is 1. The van der Waals surface area contributed by atoms with Crippen LogP contribution in [0.3, 0.4) is 0 Å². The number of aryl methyl sites for hydroxylation is 1. The van der Waals surface area contributed by atoms with Crippen molar-refractivity contribution in [3.63, 3.8) is 0 Å². The molecule has 4 rings (SSSR count).